The topological polar surface area (TPSA) is 9.23 Å². The fourth-order valence-corrected chi connectivity index (χ4v) is 3.06. The van der Waals surface area contributed by atoms with E-state index in [9.17, 15) is 0 Å². The van der Waals surface area contributed by atoms with Gasteiger partial charge in [0.15, 0.2) is 0 Å². The van der Waals surface area contributed by atoms with E-state index in [1.807, 2.05) is 25.1 Å². The van der Waals surface area contributed by atoms with Crippen LogP contribution in [0.25, 0.3) is 0 Å². The number of benzene rings is 2. The number of halogens is 2. The van der Waals surface area contributed by atoms with Crippen molar-refractivity contribution in [2.75, 3.05) is 0 Å². The molecule has 3 heteroatoms. The van der Waals surface area contributed by atoms with E-state index in [4.69, 9.17) is 27.9 Å². The van der Waals surface area contributed by atoms with Crippen LogP contribution in [0.15, 0.2) is 36.4 Å². The van der Waals surface area contributed by atoms with Crippen molar-refractivity contribution in [2.24, 2.45) is 0 Å². The summed E-state index contributed by atoms with van der Waals surface area (Å²) in [6.07, 6.45) is 0. The van der Waals surface area contributed by atoms with Gasteiger partial charge in [-0.3, -0.25) is 0 Å². The van der Waals surface area contributed by atoms with Crippen LogP contribution in [0.4, 0.5) is 0 Å². The molecule has 1 unspecified atom stereocenters. The SMILES string of the molecule is Cc1cc(Cl)ccc1C(Cl)c1ccc2c(c1)COC2. The standard InChI is InChI=1S/C16H14Cl2O/c1-10-6-14(17)4-5-15(10)16(18)11-2-3-12-8-19-9-13(12)7-11/h2-7,16H,8-9H2,1H3. The van der Waals surface area contributed by atoms with Crippen molar-refractivity contribution in [3.63, 3.8) is 0 Å². The first kappa shape index (κ1) is 13.0. The Hall–Kier alpha value is -1.02. The first-order chi connectivity index (χ1) is 9.15. The van der Waals surface area contributed by atoms with Gasteiger partial charge < -0.3 is 4.74 Å². The summed E-state index contributed by atoms with van der Waals surface area (Å²) in [4.78, 5) is 0. The largest absolute Gasteiger partial charge is 0.372 e. The second kappa shape index (κ2) is 5.16. The smallest absolute Gasteiger partial charge is 0.0838 e. The maximum absolute atomic E-state index is 6.61. The summed E-state index contributed by atoms with van der Waals surface area (Å²) in [5, 5.41) is 0.593. The Kier molecular flexibility index (Phi) is 3.53. The van der Waals surface area contributed by atoms with E-state index in [-0.39, 0.29) is 5.38 Å². The van der Waals surface area contributed by atoms with Gasteiger partial charge in [-0.1, -0.05) is 35.9 Å². The van der Waals surface area contributed by atoms with Crippen molar-refractivity contribution in [2.45, 2.75) is 25.5 Å². The Morgan fingerprint density at radius 1 is 1.05 bits per heavy atom. The molecular weight excluding hydrogens is 279 g/mol. The second-order valence-electron chi connectivity index (χ2n) is 4.88. The highest BCUT2D eigenvalue weighted by molar-refractivity contribution is 6.30. The fraction of sp³-hybridized carbons (Fsp3) is 0.250. The van der Waals surface area contributed by atoms with Gasteiger partial charge in [0.1, 0.15) is 0 Å². The van der Waals surface area contributed by atoms with E-state index in [0.717, 1.165) is 21.7 Å². The number of alkyl halides is 1. The predicted octanol–water partition coefficient (Wildman–Crippen LogP) is 5.01. The summed E-state index contributed by atoms with van der Waals surface area (Å²) in [6.45, 7) is 3.43. The first-order valence-corrected chi connectivity index (χ1v) is 7.06. The van der Waals surface area contributed by atoms with Crippen LogP contribution in [0, 0.1) is 6.92 Å². The van der Waals surface area contributed by atoms with Gasteiger partial charge in [0.25, 0.3) is 0 Å². The zero-order valence-electron chi connectivity index (χ0n) is 10.6. The molecule has 0 N–H and O–H groups in total. The molecule has 0 saturated carbocycles. The molecule has 0 saturated heterocycles. The van der Waals surface area contributed by atoms with E-state index in [0.29, 0.717) is 13.2 Å². The molecule has 2 aromatic rings. The van der Waals surface area contributed by atoms with E-state index in [1.54, 1.807) is 0 Å². The monoisotopic (exact) mass is 292 g/mol. The fourth-order valence-electron chi connectivity index (χ4n) is 2.45. The van der Waals surface area contributed by atoms with Crippen LogP contribution in [0.3, 0.4) is 0 Å². The van der Waals surface area contributed by atoms with E-state index in [1.165, 1.54) is 11.1 Å². The molecule has 98 valence electrons. The van der Waals surface area contributed by atoms with Crippen LogP contribution in [0.1, 0.15) is 33.2 Å². The maximum Gasteiger partial charge on any atom is 0.0838 e. The summed E-state index contributed by atoms with van der Waals surface area (Å²) in [5.41, 5.74) is 5.83. The third kappa shape index (κ3) is 2.51. The molecule has 0 aromatic heterocycles. The Labute approximate surface area is 123 Å². The quantitative estimate of drug-likeness (QED) is 0.707. The van der Waals surface area contributed by atoms with Gasteiger partial charge in [-0.15, -0.1) is 11.6 Å². The third-order valence-electron chi connectivity index (χ3n) is 3.54. The molecule has 2 aromatic carbocycles. The molecule has 1 heterocycles. The molecule has 0 spiro atoms. The van der Waals surface area contributed by atoms with E-state index in [2.05, 4.69) is 18.2 Å². The predicted molar refractivity (Wildman–Crippen MR) is 78.8 cm³/mol. The number of hydrogen-bond acceptors (Lipinski definition) is 1. The zero-order valence-corrected chi connectivity index (χ0v) is 12.1. The minimum atomic E-state index is -0.150. The summed E-state index contributed by atoms with van der Waals surface area (Å²) >= 11 is 12.6. The lowest BCUT2D eigenvalue weighted by atomic mass is 9.97. The lowest BCUT2D eigenvalue weighted by Crippen LogP contribution is -1.97. The number of ether oxygens (including phenoxy) is 1. The van der Waals surface area contributed by atoms with Gasteiger partial charge in [-0.05, 0) is 46.9 Å². The molecule has 19 heavy (non-hydrogen) atoms. The van der Waals surface area contributed by atoms with Gasteiger partial charge >= 0.3 is 0 Å². The highest BCUT2D eigenvalue weighted by atomic mass is 35.5. The minimum absolute atomic E-state index is 0.150. The van der Waals surface area contributed by atoms with Gasteiger partial charge in [-0.2, -0.15) is 0 Å². The van der Waals surface area contributed by atoms with Crippen molar-refractivity contribution >= 4 is 23.2 Å². The van der Waals surface area contributed by atoms with Gasteiger partial charge in [0.05, 0.1) is 18.6 Å². The van der Waals surface area contributed by atoms with Crippen LogP contribution in [-0.2, 0) is 18.0 Å². The molecule has 0 aliphatic carbocycles. The highest BCUT2D eigenvalue weighted by Gasteiger charge is 2.17. The summed E-state index contributed by atoms with van der Waals surface area (Å²) in [5.74, 6) is 0. The van der Waals surface area contributed by atoms with Gasteiger partial charge in [-0.25, -0.2) is 0 Å². The molecular formula is C16H14Cl2O. The number of fused-ring (bicyclic) bond motifs is 1. The molecule has 1 nitrogen and oxygen atoms in total. The normalized spacial score (nSPS) is 15.3. The molecule has 0 radical (unpaired) electrons. The molecule has 0 bridgehead atoms. The summed E-state index contributed by atoms with van der Waals surface area (Å²) < 4.78 is 5.43. The molecule has 1 aliphatic heterocycles. The van der Waals surface area contributed by atoms with Gasteiger partial charge in [0, 0.05) is 5.02 Å². The lowest BCUT2D eigenvalue weighted by Gasteiger charge is -2.14. The average molecular weight is 293 g/mol. The molecule has 1 atom stereocenters. The van der Waals surface area contributed by atoms with Crippen LogP contribution in [0.2, 0.25) is 5.02 Å². The minimum Gasteiger partial charge on any atom is -0.372 e. The van der Waals surface area contributed by atoms with Crippen LogP contribution >= 0.6 is 23.2 Å². The first-order valence-electron chi connectivity index (χ1n) is 6.25. The molecule has 0 fully saturated rings. The summed E-state index contributed by atoms with van der Waals surface area (Å²) in [6, 6.07) is 12.2. The van der Waals surface area contributed by atoms with Gasteiger partial charge in [0.2, 0.25) is 0 Å². The van der Waals surface area contributed by atoms with Crippen molar-refractivity contribution in [3.05, 3.63) is 69.2 Å². The van der Waals surface area contributed by atoms with Crippen LogP contribution < -0.4 is 0 Å². The Bertz CT molecular complexity index is 622. The Morgan fingerprint density at radius 2 is 1.84 bits per heavy atom. The molecule has 3 rings (SSSR count). The Balaban J connectivity index is 1.97. The average Bonchev–Trinajstić information content (AvgIpc) is 2.85. The number of aryl methyl sites for hydroxylation is 1. The highest BCUT2D eigenvalue weighted by Crippen LogP contribution is 2.34. The van der Waals surface area contributed by atoms with Crippen molar-refractivity contribution in [1.82, 2.24) is 0 Å². The summed E-state index contributed by atoms with van der Waals surface area (Å²) in [7, 11) is 0. The van der Waals surface area contributed by atoms with Crippen molar-refractivity contribution in [3.8, 4) is 0 Å². The van der Waals surface area contributed by atoms with Crippen molar-refractivity contribution < 1.29 is 4.74 Å². The third-order valence-corrected chi connectivity index (χ3v) is 4.27. The zero-order chi connectivity index (χ0) is 13.4. The molecule has 1 aliphatic rings. The Morgan fingerprint density at radius 3 is 2.63 bits per heavy atom. The number of rotatable bonds is 2. The lowest BCUT2D eigenvalue weighted by molar-refractivity contribution is 0.134. The van der Waals surface area contributed by atoms with E-state index < -0.39 is 0 Å². The van der Waals surface area contributed by atoms with Crippen LogP contribution in [0.5, 0.6) is 0 Å². The van der Waals surface area contributed by atoms with Crippen LogP contribution in [-0.4, -0.2) is 0 Å². The maximum atomic E-state index is 6.61. The van der Waals surface area contributed by atoms with Crippen molar-refractivity contribution in [1.29, 1.82) is 0 Å². The van der Waals surface area contributed by atoms with E-state index >= 15 is 0 Å². The molecule has 0 amide bonds. The number of hydrogen-bond donors (Lipinski definition) is 0. The second-order valence-corrected chi connectivity index (χ2v) is 5.76.